The zero-order valence-corrected chi connectivity index (χ0v) is 8.12. The number of nitrogens with one attached hydrogen (secondary N) is 2. The summed E-state index contributed by atoms with van der Waals surface area (Å²) >= 11 is 0. The molecule has 1 heterocycles. The molecule has 1 aromatic heterocycles. The average molecular weight is 193 g/mol. The summed E-state index contributed by atoms with van der Waals surface area (Å²) in [4.78, 5) is 17.6. The Labute approximate surface area is 82.8 Å². The maximum absolute atomic E-state index is 11.0. The second-order valence-electron chi connectivity index (χ2n) is 3.78. The van der Waals surface area contributed by atoms with Gasteiger partial charge < -0.3 is 10.3 Å². The minimum absolute atomic E-state index is 0.0988. The first-order valence-electron chi connectivity index (χ1n) is 5.16. The van der Waals surface area contributed by atoms with Crippen LogP contribution < -0.4 is 10.9 Å². The van der Waals surface area contributed by atoms with Crippen molar-refractivity contribution in [1.29, 1.82) is 0 Å². The van der Waals surface area contributed by atoms with E-state index >= 15 is 0 Å². The van der Waals surface area contributed by atoms with Crippen LogP contribution in [0, 0.1) is 0 Å². The molecule has 76 valence electrons. The van der Waals surface area contributed by atoms with Crippen LogP contribution in [0.3, 0.4) is 0 Å². The topological polar surface area (TPSA) is 57.8 Å². The van der Waals surface area contributed by atoms with E-state index in [1.165, 1.54) is 44.5 Å². The quantitative estimate of drug-likeness (QED) is 0.748. The van der Waals surface area contributed by atoms with Gasteiger partial charge >= 0.3 is 0 Å². The third-order valence-electron chi connectivity index (χ3n) is 2.64. The molecule has 4 heteroatoms. The first-order chi connectivity index (χ1) is 6.84. The molecule has 0 unspecified atom stereocenters. The van der Waals surface area contributed by atoms with Crippen LogP contribution in [-0.2, 0) is 0 Å². The van der Waals surface area contributed by atoms with Gasteiger partial charge in [-0.05, 0) is 12.8 Å². The van der Waals surface area contributed by atoms with Gasteiger partial charge in [0.2, 0.25) is 0 Å². The van der Waals surface area contributed by atoms with E-state index in [0.29, 0.717) is 11.9 Å². The first-order valence-corrected chi connectivity index (χ1v) is 5.16. The fourth-order valence-corrected chi connectivity index (χ4v) is 1.90. The van der Waals surface area contributed by atoms with Crippen molar-refractivity contribution in [2.75, 3.05) is 5.32 Å². The lowest BCUT2D eigenvalue weighted by Gasteiger charge is -2.22. The Hall–Kier alpha value is -1.32. The van der Waals surface area contributed by atoms with Gasteiger partial charge in [0.15, 0.2) is 0 Å². The Balaban J connectivity index is 1.99. The molecule has 2 rings (SSSR count). The number of aromatic amines is 1. The van der Waals surface area contributed by atoms with Crippen LogP contribution >= 0.6 is 0 Å². The Morgan fingerprint density at radius 1 is 1.36 bits per heavy atom. The first kappa shape index (κ1) is 9.24. The second-order valence-corrected chi connectivity index (χ2v) is 3.78. The van der Waals surface area contributed by atoms with Gasteiger partial charge in [-0.3, -0.25) is 4.79 Å². The van der Waals surface area contributed by atoms with Crippen LogP contribution in [0.2, 0.25) is 0 Å². The summed E-state index contributed by atoms with van der Waals surface area (Å²) in [5, 5.41) is 3.29. The average Bonchev–Trinajstić information content (AvgIpc) is 2.19. The summed E-state index contributed by atoms with van der Waals surface area (Å²) < 4.78 is 0. The third kappa shape index (κ3) is 2.34. The van der Waals surface area contributed by atoms with Gasteiger partial charge in [0, 0.05) is 12.1 Å². The smallest absolute Gasteiger partial charge is 0.252 e. The van der Waals surface area contributed by atoms with Crippen LogP contribution in [-0.4, -0.2) is 16.0 Å². The van der Waals surface area contributed by atoms with Gasteiger partial charge in [-0.25, -0.2) is 4.98 Å². The van der Waals surface area contributed by atoms with E-state index in [1.807, 2.05) is 0 Å². The van der Waals surface area contributed by atoms with Gasteiger partial charge in [0.05, 0.1) is 6.33 Å². The van der Waals surface area contributed by atoms with Crippen LogP contribution in [0.5, 0.6) is 0 Å². The predicted molar refractivity (Wildman–Crippen MR) is 55.4 cm³/mol. The van der Waals surface area contributed by atoms with E-state index in [9.17, 15) is 4.79 Å². The van der Waals surface area contributed by atoms with Gasteiger partial charge in [-0.1, -0.05) is 19.3 Å². The summed E-state index contributed by atoms with van der Waals surface area (Å²) in [5.74, 6) is 0.695. The summed E-state index contributed by atoms with van der Waals surface area (Å²) in [5.41, 5.74) is -0.0988. The van der Waals surface area contributed by atoms with Crippen LogP contribution in [0.4, 0.5) is 5.82 Å². The Morgan fingerprint density at radius 3 is 2.86 bits per heavy atom. The highest BCUT2D eigenvalue weighted by Gasteiger charge is 2.13. The normalized spacial score (nSPS) is 18.0. The SMILES string of the molecule is O=c1cc(NC2CCCCC2)nc[nH]1. The summed E-state index contributed by atoms with van der Waals surface area (Å²) in [7, 11) is 0. The molecule has 0 aliphatic heterocycles. The molecule has 0 radical (unpaired) electrons. The molecule has 2 N–H and O–H groups in total. The molecule has 0 atom stereocenters. The number of anilines is 1. The monoisotopic (exact) mass is 193 g/mol. The number of hydrogen-bond donors (Lipinski definition) is 2. The molecular weight excluding hydrogens is 178 g/mol. The van der Waals surface area contributed by atoms with E-state index in [4.69, 9.17) is 0 Å². The fraction of sp³-hybridized carbons (Fsp3) is 0.600. The molecule has 0 saturated heterocycles. The zero-order valence-electron chi connectivity index (χ0n) is 8.12. The molecular formula is C10H15N3O. The van der Waals surface area contributed by atoms with Crippen LogP contribution in [0.25, 0.3) is 0 Å². The van der Waals surface area contributed by atoms with E-state index in [2.05, 4.69) is 15.3 Å². The summed E-state index contributed by atoms with van der Waals surface area (Å²) in [6.45, 7) is 0. The maximum atomic E-state index is 11.0. The van der Waals surface area contributed by atoms with E-state index in [0.717, 1.165) is 0 Å². The molecule has 4 nitrogen and oxygen atoms in total. The molecule has 0 aromatic carbocycles. The standard InChI is InChI=1S/C10H15N3O/c14-10-6-9(11-7-12-10)13-8-4-2-1-3-5-8/h6-8H,1-5H2,(H2,11,12,13,14). The highest BCUT2D eigenvalue weighted by atomic mass is 16.1. The fourth-order valence-electron chi connectivity index (χ4n) is 1.90. The zero-order chi connectivity index (χ0) is 9.80. The van der Waals surface area contributed by atoms with Gasteiger partial charge in [-0.2, -0.15) is 0 Å². The van der Waals surface area contributed by atoms with Crippen molar-refractivity contribution in [3.05, 3.63) is 22.7 Å². The molecule has 1 aromatic rings. The molecule has 1 aliphatic rings. The molecule has 0 bridgehead atoms. The van der Waals surface area contributed by atoms with E-state index in [-0.39, 0.29) is 5.56 Å². The van der Waals surface area contributed by atoms with E-state index < -0.39 is 0 Å². The van der Waals surface area contributed by atoms with Crippen molar-refractivity contribution in [3.63, 3.8) is 0 Å². The number of H-pyrrole nitrogens is 1. The summed E-state index contributed by atoms with van der Waals surface area (Å²) in [6, 6.07) is 2.01. The van der Waals surface area contributed by atoms with Gasteiger partial charge in [0.1, 0.15) is 5.82 Å². The predicted octanol–water partition coefficient (Wildman–Crippen LogP) is 1.51. The summed E-state index contributed by atoms with van der Waals surface area (Å²) in [6.07, 6.45) is 7.71. The minimum atomic E-state index is -0.0988. The lowest BCUT2D eigenvalue weighted by molar-refractivity contribution is 0.462. The van der Waals surface area contributed by atoms with Crippen molar-refractivity contribution >= 4 is 5.82 Å². The van der Waals surface area contributed by atoms with Crippen molar-refractivity contribution in [3.8, 4) is 0 Å². The molecule has 0 amide bonds. The van der Waals surface area contributed by atoms with Crippen LogP contribution in [0.1, 0.15) is 32.1 Å². The molecule has 1 fully saturated rings. The second kappa shape index (κ2) is 4.26. The lowest BCUT2D eigenvalue weighted by Crippen LogP contribution is -2.23. The van der Waals surface area contributed by atoms with E-state index in [1.54, 1.807) is 0 Å². The van der Waals surface area contributed by atoms with Crippen LogP contribution in [0.15, 0.2) is 17.2 Å². The number of rotatable bonds is 2. The number of hydrogen-bond acceptors (Lipinski definition) is 3. The number of aromatic nitrogens is 2. The maximum Gasteiger partial charge on any atom is 0.252 e. The number of nitrogens with zero attached hydrogens (tertiary/aromatic N) is 1. The Morgan fingerprint density at radius 2 is 2.14 bits per heavy atom. The van der Waals surface area contributed by atoms with Crippen molar-refractivity contribution in [2.45, 2.75) is 38.1 Å². The highest BCUT2D eigenvalue weighted by molar-refractivity contribution is 5.32. The highest BCUT2D eigenvalue weighted by Crippen LogP contribution is 2.19. The molecule has 0 spiro atoms. The van der Waals surface area contributed by atoms with Crippen molar-refractivity contribution in [2.24, 2.45) is 0 Å². The lowest BCUT2D eigenvalue weighted by atomic mass is 9.95. The third-order valence-corrected chi connectivity index (χ3v) is 2.64. The van der Waals surface area contributed by atoms with Crippen molar-refractivity contribution < 1.29 is 0 Å². The van der Waals surface area contributed by atoms with Crippen molar-refractivity contribution in [1.82, 2.24) is 9.97 Å². The Kier molecular flexibility index (Phi) is 2.81. The molecule has 14 heavy (non-hydrogen) atoms. The van der Waals surface area contributed by atoms with Gasteiger partial charge in [0.25, 0.3) is 5.56 Å². The Bertz CT molecular complexity index is 341. The largest absolute Gasteiger partial charge is 0.367 e. The minimum Gasteiger partial charge on any atom is -0.367 e. The molecule has 1 aliphatic carbocycles. The molecule has 1 saturated carbocycles. The van der Waals surface area contributed by atoms with Gasteiger partial charge in [-0.15, -0.1) is 0 Å².